The molecular weight excluding hydrogens is 264 g/mol. The number of pyridine rings is 2. The van der Waals surface area contributed by atoms with Crippen molar-refractivity contribution in [1.82, 2.24) is 20.2 Å². The number of rotatable bonds is 3. The Labute approximate surface area is 122 Å². The lowest BCUT2D eigenvalue weighted by Crippen LogP contribution is -2.03. The van der Waals surface area contributed by atoms with E-state index < -0.39 is 6.10 Å². The molecule has 1 atom stereocenters. The van der Waals surface area contributed by atoms with E-state index in [1.807, 2.05) is 42.5 Å². The normalized spacial score (nSPS) is 12.1. The average molecular weight is 278 g/mol. The Bertz CT molecular complexity index is 730. The number of aliphatic hydroxyl groups is 1. The highest BCUT2D eigenvalue weighted by Crippen LogP contribution is 2.27. The summed E-state index contributed by atoms with van der Waals surface area (Å²) in [6.07, 6.45) is 2.72. The van der Waals surface area contributed by atoms with E-state index in [-0.39, 0.29) is 0 Å². The van der Waals surface area contributed by atoms with Crippen molar-refractivity contribution in [3.05, 3.63) is 60.4 Å². The van der Waals surface area contributed by atoms with Crippen LogP contribution in [0.5, 0.6) is 0 Å². The summed E-state index contributed by atoms with van der Waals surface area (Å²) in [5, 5.41) is 18.5. The molecule has 3 aromatic heterocycles. The molecule has 21 heavy (non-hydrogen) atoms. The maximum Gasteiger partial charge on any atom is 0.117 e. The monoisotopic (exact) mass is 278 g/mol. The van der Waals surface area contributed by atoms with Gasteiger partial charge < -0.3 is 5.11 Å². The second kappa shape index (κ2) is 5.76. The maximum absolute atomic E-state index is 10.0. The Kier molecular flexibility index (Phi) is 3.66. The summed E-state index contributed by atoms with van der Waals surface area (Å²) >= 11 is 0. The molecule has 0 saturated heterocycles. The SMILES string of the molecule is CC(O)c1cc(-c2ccccn2)nnc1-c1ccccn1. The molecule has 0 aliphatic heterocycles. The molecule has 0 aromatic carbocycles. The standard InChI is InChI=1S/C16H14N4O/c1-11(21)12-10-15(13-6-2-4-8-17-13)19-20-16(12)14-7-3-5-9-18-14/h2-11,21H,1H3. The van der Waals surface area contributed by atoms with Crippen molar-refractivity contribution in [2.45, 2.75) is 13.0 Å². The van der Waals surface area contributed by atoms with Crippen molar-refractivity contribution >= 4 is 0 Å². The molecule has 0 aliphatic carbocycles. The minimum absolute atomic E-state index is 0.588. The zero-order valence-corrected chi connectivity index (χ0v) is 11.5. The van der Waals surface area contributed by atoms with Gasteiger partial charge in [-0.25, -0.2) is 0 Å². The van der Waals surface area contributed by atoms with E-state index in [0.29, 0.717) is 22.6 Å². The maximum atomic E-state index is 10.0. The predicted molar refractivity (Wildman–Crippen MR) is 79.1 cm³/mol. The fourth-order valence-electron chi connectivity index (χ4n) is 2.07. The van der Waals surface area contributed by atoms with Gasteiger partial charge in [0.1, 0.15) is 11.4 Å². The first-order valence-electron chi connectivity index (χ1n) is 6.64. The summed E-state index contributed by atoms with van der Waals surface area (Å²) in [6, 6.07) is 13.0. The zero-order valence-electron chi connectivity index (χ0n) is 11.5. The van der Waals surface area contributed by atoms with E-state index in [1.165, 1.54) is 0 Å². The largest absolute Gasteiger partial charge is 0.389 e. The summed E-state index contributed by atoms with van der Waals surface area (Å²) in [4.78, 5) is 8.52. The van der Waals surface area contributed by atoms with Gasteiger partial charge in [-0.15, -0.1) is 10.2 Å². The molecule has 1 unspecified atom stereocenters. The second-order valence-corrected chi connectivity index (χ2v) is 4.64. The van der Waals surface area contributed by atoms with E-state index in [2.05, 4.69) is 20.2 Å². The Hall–Kier alpha value is -2.66. The molecule has 104 valence electrons. The first-order valence-corrected chi connectivity index (χ1v) is 6.64. The van der Waals surface area contributed by atoms with Gasteiger partial charge in [0.2, 0.25) is 0 Å². The molecule has 3 aromatic rings. The minimum atomic E-state index is -0.667. The smallest absolute Gasteiger partial charge is 0.117 e. The molecular formula is C16H14N4O. The lowest BCUT2D eigenvalue weighted by molar-refractivity contribution is 0.199. The van der Waals surface area contributed by atoms with Gasteiger partial charge in [0.15, 0.2) is 0 Å². The first-order chi connectivity index (χ1) is 10.3. The van der Waals surface area contributed by atoms with Crippen LogP contribution in [0.1, 0.15) is 18.6 Å². The summed E-state index contributed by atoms with van der Waals surface area (Å²) in [7, 11) is 0. The average Bonchev–Trinajstić information content (AvgIpc) is 2.56. The Morgan fingerprint density at radius 1 is 0.857 bits per heavy atom. The molecule has 0 bridgehead atoms. The highest BCUT2D eigenvalue weighted by molar-refractivity contribution is 5.63. The molecule has 5 nitrogen and oxygen atoms in total. The molecule has 5 heteroatoms. The fraction of sp³-hybridized carbons (Fsp3) is 0.125. The Morgan fingerprint density at radius 3 is 2.10 bits per heavy atom. The van der Waals surface area contributed by atoms with Crippen LogP contribution in [-0.2, 0) is 0 Å². The van der Waals surface area contributed by atoms with Gasteiger partial charge >= 0.3 is 0 Å². The van der Waals surface area contributed by atoms with E-state index in [4.69, 9.17) is 0 Å². The minimum Gasteiger partial charge on any atom is -0.389 e. The van der Waals surface area contributed by atoms with Crippen molar-refractivity contribution in [1.29, 1.82) is 0 Å². The molecule has 3 heterocycles. The van der Waals surface area contributed by atoms with Crippen LogP contribution >= 0.6 is 0 Å². The number of nitrogens with zero attached hydrogens (tertiary/aromatic N) is 4. The van der Waals surface area contributed by atoms with Crippen LogP contribution in [0.15, 0.2) is 54.9 Å². The van der Waals surface area contributed by atoms with Crippen LogP contribution in [0.3, 0.4) is 0 Å². The third kappa shape index (κ3) is 2.78. The lowest BCUT2D eigenvalue weighted by atomic mass is 10.0. The number of aliphatic hydroxyl groups excluding tert-OH is 1. The van der Waals surface area contributed by atoms with E-state index in [1.54, 1.807) is 19.3 Å². The van der Waals surface area contributed by atoms with Gasteiger partial charge in [-0.1, -0.05) is 12.1 Å². The molecule has 0 fully saturated rings. The van der Waals surface area contributed by atoms with Gasteiger partial charge in [0, 0.05) is 18.0 Å². The molecule has 1 N–H and O–H groups in total. The second-order valence-electron chi connectivity index (χ2n) is 4.64. The molecule has 0 spiro atoms. The highest BCUT2D eigenvalue weighted by atomic mass is 16.3. The summed E-state index contributed by atoms with van der Waals surface area (Å²) in [5.41, 5.74) is 3.31. The molecule has 0 saturated carbocycles. The predicted octanol–water partition coefficient (Wildman–Crippen LogP) is 2.65. The fourth-order valence-corrected chi connectivity index (χ4v) is 2.07. The van der Waals surface area contributed by atoms with Crippen molar-refractivity contribution in [3.8, 4) is 22.8 Å². The lowest BCUT2D eigenvalue weighted by Gasteiger charge is -2.11. The van der Waals surface area contributed by atoms with Gasteiger partial charge in [-0.2, -0.15) is 0 Å². The molecule has 0 radical (unpaired) electrons. The summed E-state index contributed by atoms with van der Waals surface area (Å²) in [5.74, 6) is 0. The quantitative estimate of drug-likeness (QED) is 0.797. The van der Waals surface area contributed by atoms with Crippen LogP contribution in [-0.4, -0.2) is 25.3 Å². The summed E-state index contributed by atoms with van der Waals surface area (Å²) in [6.45, 7) is 1.70. The van der Waals surface area contributed by atoms with Gasteiger partial charge in [-0.3, -0.25) is 9.97 Å². The van der Waals surface area contributed by atoms with Crippen LogP contribution in [0.4, 0.5) is 0 Å². The third-order valence-corrected chi connectivity index (χ3v) is 3.11. The van der Waals surface area contributed by atoms with Crippen LogP contribution in [0.25, 0.3) is 22.8 Å². The van der Waals surface area contributed by atoms with Crippen molar-refractivity contribution in [3.63, 3.8) is 0 Å². The molecule has 0 amide bonds. The number of hydrogen-bond donors (Lipinski definition) is 1. The van der Waals surface area contributed by atoms with Gasteiger partial charge in [-0.05, 0) is 37.3 Å². The van der Waals surface area contributed by atoms with Crippen LogP contribution in [0, 0.1) is 0 Å². The van der Waals surface area contributed by atoms with Crippen molar-refractivity contribution in [2.24, 2.45) is 0 Å². The topological polar surface area (TPSA) is 71.8 Å². The first kappa shape index (κ1) is 13.3. The van der Waals surface area contributed by atoms with Gasteiger partial charge in [0.05, 0.1) is 17.5 Å². The van der Waals surface area contributed by atoms with E-state index in [9.17, 15) is 5.11 Å². The zero-order chi connectivity index (χ0) is 14.7. The third-order valence-electron chi connectivity index (χ3n) is 3.11. The number of aromatic nitrogens is 4. The molecule has 0 aliphatic rings. The number of hydrogen-bond acceptors (Lipinski definition) is 5. The summed E-state index contributed by atoms with van der Waals surface area (Å²) < 4.78 is 0. The molecule has 3 rings (SSSR count). The van der Waals surface area contributed by atoms with Crippen molar-refractivity contribution in [2.75, 3.05) is 0 Å². The van der Waals surface area contributed by atoms with E-state index >= 15 is 0 Å². The Morgan fingerprint density at radius 2 is 1.52 bits per heavy atom. The van der Waals surface area contributed by atoms with Crippen LogP contribution < -0.4 is 0 Å². The van der Waals surface area contributed by atoms with Crippen molar-refractivity contribution < 1.29 is 5.11 Å². The van der Waals surface area contributed by atoms with Gasteiger partial charge in [0.25, 0.3) is 0 Å². The Balaban J connectivity index is 2.12. The van der Waals surface area contributed by atoms with E-state index in [0.717, 1.165) is 5.69 Å². The van der Waals surface area contributed by atoms with Crippen LogP contribution in [0.2, 0.25) is 0 Å². The highest BCUT2D eigenvalue weighted by Gasteiger charge is 2.15.